The van der Waals surface area contributed by atoms with Crippen LogP contribution in [0.4, 0.5) is 0 Å². The fourth-order valence-corrected chi connectivity index (χ4v) is 1.67. The van der Waals surface area contributed by atoms with Crippen molar-refractivity contribution < 1.29 is 4.79 Å². The zero-order valence-electron chi connectivity index (χ0n) is 8.79. The zero-order valence-corrected chi connectivity index (χ0v) is 8.79. The maximum absolute atomic E-state index is 11.5. The summed E-state index contributed by atoms with van der Waals surface area (Å²) in [5.41, 5.74) is 0. The number of nitrogens with zero attached hydrogens (tertiary/aromatic N) is 1. The van der Waals surface area contributed by atoms with Gasteiger partial charge in [0.25, 0.3) is 0 Å². The molecule has 1 aliphatic rings. The average molecular weight is 181 g/mol. The number of allylic oxidation sites excluding steroid dienone is 1. The summed E-state index contributed by atoms with van der Waals surface area (Å²) in [6, 6.07) is 0.315. The molecule has 1 atom stereocenters. The number of amides is 1. The van der Waals surface area contributed by atoms with Crippen molar-refractivity contribution in [1.82, 2.24) is 4.90 Å². The van der Waals surface area contributed by atoms with E-state index in [0.29, 0.717) is 18.4 Å². The van der Waals surface area contributed by atoms with Crippen LogP contribution < -0.4 is 0 Å². The van der Waals surface area contributed by atoms with Crippen molar-refractivity contribution in [3.8, 4) is 0 Å². The van der Waals surface area contributed by atoms with Gasteiger partial charge in [0.15, 0.2) is 0 Å². The molecule has 0 aromatic rings. The Hall–Kier alpha value is -0.790. The van der Waals surface area contributed by atoms with Crippen LogP contribution >= 0.6 is 0 Å². The van der Waals surface area contributed by atoms with Crippen molar-refractivity contribution in [2.75, 3.05) is 7.05 Å². The van der Waals surface area contributed by atoms with Crippen LogP contribution in [0.5, 0.6) is 0 Å². The summed E-state index contributed by atoms with van der Waals surface area (Å²) in [5, 5.41) is 0. The number of carbonyl (C=O) groups is 1. The van der Waals surface area contributed by atoms with Crippen molar-refractivity contribution in [2.45, 2.75) is 39.2 Å². The van der Waals surface area contributed by atoms with Crippen molar-refractivity contribution in [2.24, 2.45) is 5.92 Å². The predicted molar refractivity (Wildman–Crippen MR) is 54.4 cm³/mol. The van der Waals surface area contributed by atoms with E-state index in [1.54, 1.807) is 0 Å². The smallest absolute Gasteiger partial charge is 0.223 e. The first-order chi connectivity index (χ1) is 6.11. The fraction of sp³-hybridized carbons (Fsp3) is 0.727. The normalized spacial score (nSPS) is 23.8. The second kappa shape index (κ2) is 4.45. The van der Waals surface area contributed by atoms with Gasteiger partial charge in [-0.25, -0.2) is 0 Å². The van der Waals surface area contributed by atoms with Gasteiger partial charge >= 0.3 is 0 Å². The molecule has 2 heteroatoms. The Labute approximate surface area is 80.6 Å². The SMILES string of the molecule is CC(C)CC1C=CCCC(=O)N1C. The first-order valence-corrected chi connectivity index (χ1v) is 5.03. The van der Waals surface area contributed by atoms with Crippen molar-refractivity contribution in [3.63, 3.8) is 0 Å². The van der Waals surface area contributed by atoms with Gasteiger partial charge in [0, 0.05) is 19.5 Å². The Morgan fingerprint density at radius 3 is 2.92 bits per heavy atom. The summed E-state index contributed by atoms with van der Waals surface area (Å²) in [6.07, 6.45) is 6.94. The highest BCUT2D eigenvalue weighted by Gasteiger charge is 2.19. The predicted octanol–water partition coefficient (Wildman–Crippen LogP) is 2.21. The molecule has 0 saturated heterocycles. The van der Waals surface area contributed by atoms with Gasteiger partial charge in [0.2, 0.25) is 5.91 Å². The standard InChI is InChI=1S/C11H19NO/c1-9(2)8-10-6-4-5-7-11(13)12(10)3/h4,6,9-10H,5,7-8H2,1-3H3. The molecule has 0 radical (unpaired) electrons. The van der Waals surface area contributed by atoms with Crippen LogP contribution in [0.15, 0.2) is 12.2 Å². The molecule has 0 aromatic carbocycles. The van der Waals surface area contributed by atoms with Crippen LogP contribution in [0.3, 0.4) is 0 Å². The molecule has 0 fully saturated rings. The van der Waals surface area contributed by atoms with E-state index >= 15 is 0 Å². The minimum absolute atomic E-state index is 0.274. The van der Waals surface area contributed by atoms with Gasteiger partial charge in [-0.05, 0) is 18.8 Å². The van der Waals surface area contributed by atoms with E-state index in [2.05, 4.69) is 26.0 Å². The molecule has 1 rings (SSSR count). The lowest BCUT2D eigenvalue weighted by Crippen LogP contribution is -2.35. The minimum atomic E-state index is 0.274. The quantitative estimate of drug-likeness (QED) is 0.598. The van der Waals surface area contributed by atoms with Crippen molar-refractivity contribution in [3.05, 3.63) is 12.2 Å². The van der Waals surface area contributed by atoms with Gasteiger partial charge in [0.1, 0.15) is 0 Å². The molecule has 2 nitrogen and oxygen atoms in total. The molecule has 13 heavy (non-hydrogen) atoms. The molecule has 0 N–H and O–H groups in total. The van der Waals surface area contributed by atoms with E-state index in [1.165, 1.54) is 0 Å². The minimum Gasteiger partial charge on any atom is -0.339 e. The fourth-order valence-electron chi connectivity index (χ4n) is 1.67. The number of rotatable bonds is 2. The summed E-state index contributed by atoms with van der Waals surface area (Å²) < 4.78 is 0. The molecule has 0 bridgehead atoms. The van der Waals surface area contributed by atoms with Gasteiger partial charge in [-0.1, -0.05) is 26.0 Å². The van der Waals surface area contributed by atoms with Gasteiger partial charge in [0.05, 0.1) is 0 Å². The van der Waals surface area contributed by atoms with E-state index in [4.69, 9.17) is 0 Å². The maximum atomic E-state index is 11.5. The lowest BCUT2D eigenvalue weighted by Gasteiger charge is -2.25. The molecule has 1 aliphatic heterocycles. The second-order valence-corrected chi connectivity index (χ2v) is 4.17. The summed E-state index contributed by atoms with van der Waals surface area (Å²) >= 11 is 0. The van der Waals surface area contributed by atoms with Gasteiger partial charge < -0.3 is 4.90 Å². The molecule has 1 amide bonds. The lowest BCUT2D eigenvalue weighted by molar-refractivity contribution is -0.131. The highest BCUT2D eigenvalue weighted by molar-refractivity contribution is 5.77. The Bertz CT molecular complexity index is 208. The second-order valence-electron chi connectivity index (χ2n) is 4.17. The van der Waals surface area contributed by atoms with E-state index in [1.807, 2.05) is 11.9 Å². The van der Waals surface area contributed by atoms with Crippen LogP contribution in [0.1, 0.15) is 33.1 Å². The average Bonchev–Trinajstić information content (AvgIpc) is 2.19. The third-order valence-electron chi connectivity index (χ3n) is 2.49. The Morgan fingerprint density at radius 2 is 2.31 bits per heavy atom. The summed E-state index contributed by atoms with van der Waals surface area (Å²) in [4.78, 5) is 13.4. The number of hydrogen-bond donors (Lipinski definition) is 0. The van der Waals surface area contributed by atoms with E-state index in [0.717, 1.165) is 12.8 Å². The van der Waals surface area contributed by atoms with Gasteiger partial charge in [-0.3, -0.25) is 4.79 Å². The molecule has 0 aliphatic carbocycles. The Balaban J connectivity index is 2.62. The highest BCUT2D eigenvalue weighted by Crippen LogP contribution is 2.16. The summed E-state index contributed by atoms with van der Waals surface area (Å²) in [5.74, 6) is 0.915. The van der Waals surface area contributed by atoms with Gasteiger partial charge in [-0.2, -0.15) is 0 Å². The van der Waals surface area contributed by atoms with Crippen LogP contribution in [-0.2, 0) is 4.79 Å². The third kappa shape index (κ3) is 2.87. The topological polar surface area (TPSA) is 20.3 Å². The first kappa shape index (κ1) is 10.3. The summed E-state index contributed by atoms with van der Waals surface area (Å²) in [7, 11) is 1.91. The zero-order chi connectivity index (χ0) is 9.84. The molecule has 0 spiro atoms. The largest absolute Gasteiger partial charge is 0.339 e. The molecule has 74 valence electrons. The van der Waals surface area contributed by atoms with Crippen LogP contribution in [0, 0.1) is 5.92 Å². The highest BCUT2D eigenvalue weighted by atomic mass is 16.2. The summed E-state index contributed by atoms with van der Waals surface area (Å²) in [6.45, 7) is 4.38. The molecule has 0 saturated carbocycles. The van der Waals surface area contributed by atoms with Crippen LogP contribution in [-0.4, -0.2) is 23.9 Å². The molecule has 1 unspecified atom stereocenters. The lowest BCUT2D eigenvalue weighted by atomic mass is 10.0. The van der Waals surface area contributed by atoms with Crippen molar-refractivity contribution in [1.29, 1.82) is 0 Å². The molecule has 1 heterocycles. The first-order valence-electron chi connectivity index (χ1n) is 5.03. The van der Waals surface area contributed by atoms with Crippen LogP contribution in [0.25, 0.3) is 0 Å². The third-order valence-corrected chi connectivity index (χ3v) is 2.49. The van der Waals surface area contributed by atoms with Gasteiger partial charge in [-0.15, -0.1) is 0 Å². The Kier molecular flexibility index (Phi) is 3.52. The number of hydrogen-bond acceptors (Lipinski definition) is 1. The van der Waals surface area contributed by atoms with E-state index in [-0.39, 0.29) is 5.91 Å². The maximum Gasteiger partial charge on any atom is 0.223 e. The van der Waals surface area contributed by atoms with Crippen molar-refractivity contribution >= 4 is 5.91 Å². The van der Waals surface area contributed by atoms with Crippen LogP contribution in [0.2, 0.25) is 0 Å². The Morgan fingerprint density at radius 1 is 1.62 bits per heavy atom. The monoisotopic (exact) mass is 181 g/mol. The number of likely N-dealkylation sites (N-methyl/N-ethyl adjacent to an activating group) is 1. The number of carbonyl (C=O) groups excluding carboxylic acids is 1. The van der Waals surface area contributed by atoms with E-state index in [9.17, 15) is 4.79 Å². The molecular weight excluding hydrogens is 162 g/mol. The van der Waals surface area contributed by atoms with E-state index < -0.39 is 0 Å². The molecule has 0 aromatic heterocycles. The molecular formula is C11H19NO.